The SMILES string of the molecule is CNC(=O)NC(=O)[C@H](C)Sc1nnc(-c2ccccc2F)o1. The summed E-state index contributed by atoms with van der Waals surface area (Å²) in [6.45, 7) is 1.58. The Morgan fingerprint density at radius 1 is 1.32 bits per heavy atom. The fourth-order valence-electron chi connectivity index (χ4n) is 1.48. The molecule has 0 bridgehead atoms. The average Bonchev–Trinajstić information content (AvgIpc) is 2.95. The van der Waals surface area contributed by atoms with Crippen molar-refractivity contribution in [2.45, 2.75) is 17.4 Å². The molecule has 0 unspecified atom stereocenters. The van der Waals surface area contributed by atoms with E-state index in [-0.39, 0.29) is 16.7 Å². The van der Waals surface area contributed by atoms with Crippen molar-refractivity contribution in [1.29, 1.82) is 0 Å². The number of rotatable bonds is 4. The van der Waals surface area contributed by atoms with E-state index in [4.69, 9.17) is 4.42 Å². The third kappa shape index (κ3) is 3.82. The predicted octanol–water partition coefficient (Wildman–Crippen LogP) is 1.81. The van der Waals surface area contributed by atoms with Crippen LogP contribution in [0, 0.1) is 5.82 Å². The molecule has 116 valence electrons. The summed E-state index contributed by atoms with van der Waals surface area (Å²) in [6, 6.07) is 5.39. The second kappa shape index (κ2) is 7.03. The number of halogens is 1. The Hall–Kier alpha value is -2.42. The molecule has 9 heteroatoms. The maximum Gasteiger partial charge on any atom is 0.321 e. The van der Waals surface area contributed by atoms with E-state index in [2.05, 4.69) is 20.8 Å². The van der Waals surface area contributed by atoms with Gasteiger partial charge in [-0.3, -0.25) is 10.1 Å². The highest BCUT2D eigenvalue weighted by molar-refractivity contribution is 8.00. The Kier molecular flexibility index (Phi) is 5.10. The van der Waals surface area contributed by atoms with Gasteiger partial charge in [-0.15, -0.1) is 10.2 Å². The molecule has 2 rings (SSSR count). The minimum Gasteiger partial charge on any atom is -0.411 e. The van der Waals surface area contributed by atoms with Crippen LogP contribution in [0.15, 0.2) is 33.9 Å². The molecule has 0 radical (unpaired) electrons. The molecule has 22 heavy (non-hydrogen) atoms. The number of carbonyl (C=O) groups excluding carboxylic acids is 2. The zero-order valence-electron chi connectivity index (χ0n) is 11.8. The van der Waals surface area contributed by atoms with Gasteiger partial charge in [0.2, 0.25) is 5.91 Å². The lowest BCUT2D eigenvalue weighted by molar-refractivity contribution is -0.119. The summed E-state index contributed by atoms with van der Waals surface area (Å²) in [7, 11) is 1.40. The number of aromatic nitrogens is 2. The molecule has 0 aliphatic carbocycles. The maximum atomic E-state index is 13.6. The molecular formula is C13H13FN4O3S. The van der Waals surface area contributed by atoms with Gasteiger partial charge in [-0.05, 0) is 19.1 Å². The lowest BCUT2D eigenvalue weighted by Gasteiger charge is -2.07. The van der Waals surface area contributed by atoms with E-state index in [1.807, 2.05) is 0 Å². The Bertz CT molecular complexity index is 691. The van der Waals surface area contributed by atoms with Gasteiger partial charge in [0.1, 0.15) is 5.82 Å². The molecule has 7 nitrogen and oxygen atoms in total. The third-order valence-corrected chi connectivity index (χ3v) is 3.56. The number of imide groups is 1. The van der Waals surface area contributed by atoms with E-state index in [0.717, 1.165) is 11.8 Å². The van der Waals surface area contributed by atoms with Gasteiger partial charge in [0.15, 0.2) is 0 Å². The van der Waals surface area contributed by atoms with Gasteiger partial charge in [-0.25, -0.2) is 9.18 Å². The van der Waals surface area contributed by atoms with Crippen LogP contribution in [0.1, 0.15) is 6.92 Å². The summed E-state index contributed by atoms with van der Waals surface area (Å²) >= 11 is 0.971. The van der Waals surface area contributed by atoms with E-state index in [1.54, 1.807) is 19.1 Å². The highest BCUT2D eigenvalue weighted by atomic mass is 32.2. The molecule has 1 aromatic carbocycles. The number of carbonyl (C=O) groups is 2. The van der Waals surface area contributed by atoms with Crippen molar-refractivity contribution in [3.63, 3.8) is 0 Å². The zero-order valence-corrected chi connectivity index (χ0v) is 12.6. The first-order valence-electron chi connectivity index (χ1n) is 6.29. The van der Waals surface area contributed by atoms with Gasteiger partial charge >= 0.3 is 6.03 Å². The van der Waals surface area contributed by atoms with Crippen LogP contribution in [0.2, 0.25) is 0 Å². The van der Waals surface area contributed by atoms with Gasteiger partial charge in [0, 0.05) is 7.05 Å². The minimum atomic E-state index is -0.633. The minimum absolute atomic E-state index is 0.0273. The normalized spacial score (nSPS) is 11.8. The van der Waals surface area contributed by atoms with E-state index < -0.39 is 23.0 Å². The first-order chi connectivity index (χ1) is 10.5. The van der Waals surface area contributed by atoms with Crippen LogP contribution < -0.4 is 10.6 Å². The second-order valence-corrected chi connectivity index (χ2v) is 5.47. The summed E-state index contributed by atoms with van der Waals surface area (Å²) in [5.41, 5.74) is 0.185. The maximum absolute atomic E-state index is 13.6. The van der Waals surface area contributed by atoms with Crippen molar-refractivity contribution in [2.75, 3.05) is 7.05 Å². The molecule has 0 aliphatic rings. The second-order valence-electron chi connectivity index (χ2n) is 4.18. The summed E-state index contributed by atoms with van der Waals surface area (Å²) in [4.78, 5) is 22.8. The topological polar surface area (TPSA) is 97.1 Å². The molecule has 1 heterocycles. The van der Waals surface area contributed by atoms with Gasteiger partial charge in [0.25, 0.3) is 11.1 Å². The molecule has 0 aliphatic heterocycles. The summed E-state index contributed by atoms with van der Waals surface area (Å²) in [5, 5.41) is 11.4. The number of benzene rings is 1. The number of hydrogen-bond acceptors (Lipinski definition) is 6. The van der Waals surface area contributed by atoms with Gasteiger partial charge in [-0.2, -0.15) is 0 Å². The molecule has 0 saturated carbocycles. The lowest BCUT2D eigenvalue weighted by atomic mass is 10.2. The fourth-order valence-corrected chi connectivity index (χ4v) is 2.17. The zero-order chi connectivity index (χ0) is 16.1. The quantitative estimate of drug-likeness (QED) is 0.833. The largest absolute Gasteiger partial charge is 0.411 e. The smallest absolute Gasteiger partial charge is 0.321 e. The molecule has 2 N–H and O–H groups in total. The molecule has 2 aromatic rings. The van der Waals surface area contributed by atoms with E-state index >= 15 is 0 Å². The number of nitrogens with one attached hydrogen (secondary N) is 2. The summed E-state index contributed by atoms with van der Waals surface area (Å²) < 4.78 is 18.9. The van der Waals surface area contributed by atoms with Crippen LogP contribution in [0.3, 0.4) is 0 Å². The first kappa shape index (κ1) is 16.0. The van der Waals surface area contributed by atoms with Crippen LogP contribution >= 0.6 is 11.8 Å². The highest BCUT2D eigenvalue weighted by Crippen LogP contribution is 2.27. The third-order valence-electron chi connectivity index (χ3n) is 2.62. The fraction of sp³-hybridized carbons (Fsp3) is 0.231. The van der Waals surface area contributed by atoms with Crippen LogP contribution in [0.5, 0.6) is 0 Å². The number of hydrogen-bond donors (Lipinski definition) is 2. The van der Waals surface area contributed by atoms with Crippen molar-refractivity contribution in [2.24, 2.45) is 0 Å². The predicted molar refractivity (Wildman–Crippen MR) is 77.6 cm³/mol. The van der Waals surface area contributed by atoms with Crippen molar-refractivity contribution in [3.8, 4) is 11.5 Å². The number of urea groups is 1. The van der Waals surface area contributed by atoms with E-state index in [9.17, 15) is 14.0 Å². The van der Waals surface area contributed by atoms with Crippen molar-refractivity contribution in [3.05, 3.63) is 30.1 Å². The molecular weight excluding hydrogens is 311 g/mol. The van der Waals surface area contributed by atoms with Crippen LogP contribution in [0.25, 0.3) is 11.5 Å². The Morgan fingerprint density at radius 2 is 2.05 bits per heavy atom. The number of amides is 3. The Labute approximate surface area is 129 Å². The van der Waals surface area contributed by atoms with E-state index in [0.29, 0.717) is 0 Å². The lowest BCUT2D eigenvalue weighted by Crippen LogP contribution is -2.41. The summed E-state index contributed by atoms with van der Waals surface area (Å²) in [6.07, 6.45) is 0. The van der Waals surface area contributed by atoms with Crippen LogP contribution in [0.4, 0.5) is 9.18 Å². The molecule has 0 fully saturated rings. The number of nitrogens with zero attached hydrogens (tertiary/aromatic N) is 2. The molecule has 1 atom stereocenters. The van der Waals surface area contributed by atoms with Gasteiger partial charge in [-0.1, -0.05) is 23.9 Å². The van der Waals surface area contributed by atoms with Crippen molar-refractivity contribution >= 4 is 23.7 Å². The van der Waals surface area contributed by atoms with Crippen molar-refractivity contribution < 1.29 is 18.4 Å². The average molecular weight is 324 g/mol. The van der Waals surface area contributed by atoms with Crippen LogP contribution in [-0.4, -0.2) is 34.4 Å². The number of thioether (sulfide) groups is 1. The van der Waals surface area contributed by atoms with Gasteiger partial charge < -0.3 is 9.73 Å². The highest BCUT2D eigenvalue weighted by Gasteiger charge is 2.20. The Morgan fingerprint density at radius 3 is 2.73 bits per heavy atom. The molecule has 0 saturated heterocycles. The van der Waals surface area contributed by atoms with E-state index in [1.165, 1.54) is 19.2 Å². The molecule has 3 amide bonds. The Balaban J connectivity index is 2.05. The standard InChI is InChI=1S/C13H13FN4O3S/c1-7(10(19)16-12(20)15-2)22-13-18-17-11(21-13)8-5-3-4-6-9(8)14/h3-7H,1-2H3,(H2,15,16,19,20)/t7-/m0/s1. The van der Waals surface area contributed by atoms with Crippen LogP contribution in [-0.2, 0) is 4.79 Å². The monoisotopic (exact) mass is 324 g/mol. The summed E-state index contributed by atoms with van der Waals surface area (Å²) in [5.74, 6) is -0.956. The first-order valence-corrected chi connectivity index (χ1v) is 7.17. The molecule has 1 aromatic heterocycles. The van der Waals surface area contributed by atoms with Crippen molar-refractivity contribution in [1.82, 2.24) is 20.8 Å². The molecule has 0 spiro atoms. The van der Waals surface area contributed by atoms with Gasteiger partial charge in [0.05, 0.1) is 10.8 Å².